The number of ether oxygens (including phenoxy) is 2. The van der Waals surface area contributed by atoms with E-state index in [0.717, 1.165) is 36.5 Å². The highest BCUT2D eigenvalue weighted by atomic mass is 19.1. The molecule has 7 nitrogen and oxygen atoms in total. The minimum absolute atomic E-state index is 0.00980. The zero-order valence-electron chi connectivity index (χ0n) is 17.5. The number of nitrogens with one attached hydrogen (secondary N) is 2. The highest BCUT2D eigenvalue weighted by molar-refractivity contribution is 5.95. The molecule has 1 atom stereocenters. The van der Waals surface area contributed by atoms with Crippen LogP contribution < -0.4 is 19.7 Å². The van der Waals surface area contributed by atoms with Crippen molar-refractivity contribution >= 4 is 11.7 Å². The molecule has 1 amide bonds. The second kappa shape index (κ2) is 9.07. The lowest BCUT2D eigenvalue weighted by molar-refractivity contribution is 0.0932. The Morgan fingerprint density at radius 2 is 1.84 bits per heavy atom. The van der Waals surface area contributed by atoms with E-state index in [1.165, 1.54) is 12.1 Å². The molecule has 1 saturated heterocycles. The maximum absolute atomic E-state index is 13.2. The van der Waals surface area contributed by atoms with Crippen molar-refractivity contribution in [2.24, 2.45) is 0 Å². The number of amides is 1. The summed E-state index contributed by atoms with van der Waals surface area (Å²) < 4.78 is 23.7. The Balaban J connectivity index is 1.43. The number of aromatic amines is 1. The van der Waals surface area contributed by atoms with Gasteiger partial charge in [-0.15, -0.1) is 0 Å². The van der Waals surface area contributed by atoms with Crippen LogP contribution in [0, 0.1) is 5.82 Å². The Bertz CT molecular complexity index is 1030. The molecule has 1 aliphatic heterocycles. The lowest BCUT2D eigenvalue weighted by Crippen LogP contribution is -2.48. The lowest BCUT2D eigenvalue weighted by atomic mass is 10.0. The van der Waals surface area contributed by atoms with E-state index in [1.54, 1.807) is 44.6 Å². The van der Waals surface area contributed by atoms with Gasteiger partial charge in [0, 0.05) is 36.8 Å². The summed E-state index contributed by atoms with van der Waals surface area (Å²) in [6.07, 6.45) is 1.82. The number of halogens is 1. The molecule has 3 aromatic rings. The smallest absolute Gasteiger partial charge is 0.251 e. The maximum atomic E-state index is 13.2. The summed E-state index contributed by atoms with van der Waals surface area (Å²) in [4.78, 5) is 15.0. The summed E-state index contributed by atoms with van der Waals surface area (Å²) in [5.41, 5.74) is 2.19. The van der Waals surface area contributed by atoms with Gasteiger partial charge < -0.3 is 19.7 Å². The predicted molar refractivity (Wildman–Crippen MR) is 116 cm³/mol. The first kappa shape index (κ1) is 20.7. The van der Waals surface area contributed by atoms with E-state index < -0.39 is 0 Å². The number of rotatable bonds is 6. The Kier molecular flexibility index (Phi) is 6.06. The number of piperidine rings is 1. The van der Waals surface area contributed by atoms with Crippen LogP contribution in [0.2, 0.25) is 0 Å². The number of carbonyl (C=O) groups is 1. The van der Waals surface area contributed by atoms with Crippen molar-refractivity contribution in [1.82, 2.24) is 15.5 Å². The van der Waals surface area contributed by atoms with E-state index in [2.05, 4.69) is 20.4 Å². The number of aromatic nitrogens is 2. The minimum Gasteiger partial charge on any atom is -0.497 e. The third-order valence-electron chi connectivity index (χ3n) is 5.41. The Labute approximate surface area is 180 Å². The monoisotopic (exact) mass is 424 g/mol. The van der Waals surface area contributed by atoms with Crippen LogP contribution in [0.4, 0.5) is 10.2 Å². The lowest BCUT2D eigenvalue weighted by Gasteiger charge is -2.33. The van der Waals surface area contributed by atoms with Gasteiger partial charge in [0.25, 0.3) is 5.91 Å². The molecule has 0 saturated carbocycles. The zero-order valence-corrected chi connectivity index (χ0v) is 17.5. The van der Waals surface area contributed by atoms with Crippen LogP contribution in [0.5, 0.6) is 11.5 Å². The molecule has 162 valence electrons. The van der Waals surface area contributed by atoms with Crippen LogP contribution in [0.3, 0.4) is 0 Å². The molecule has 0 aliphatic carbocycles. The SMILES string of the molecule is COc1cc(OC)cc(C(=O)N[C@@H]2CCCN(c3cc(-c4ccc(F)cc4)[nH]n3)C2)c1. The van der Waals surface area contributed by atoms with Crippen LogP contribution in [-0.2, 0) is 0 Å². The van der Waals surface area contributed by atoms with Crippen molar-refractivity contribution in [3.63, 3.8) is 0 Å². The molecule has 31 heavy (non-hydrogen) atoms. The first-order valence-electron chi connectivity index (χ1n) is 10.2. The average molecular weight is 424 g/mol. The van der Waals surface area contributed by atoms with Gasteiger partial charge in [0.1, 0.15) is 17.3 Å². The van der Waals surface area contributed by atoms with Crippen LogP contribution in [0.25, 0.3) is 11.3 Å². The average Bonchev–Trinajstić information content (AvgIpc) is 3.29. The van der Waals surface area contributed by atoms with Crippen molar-refractivity contribution in [3.05, 3.63) is 59.9 Å². The zero-order chi connectivity index (χ0) is 21.8. The van der Waals surface area contributed by atoms with E-state index in [4.69, 9.17) is 9.47 Å². The highest BCUT2D eigenvalue weighted by Gasteiger charge is 2.24. The Morgan fingerprint density at radius 3 is 2.52 bits per heavy atom. The topological polar surface area (TPSA) is 79.5 Å². The van der Waals surface area contributed by atoms with Crippen LogP contribution in [0.15, 0.2) is 48.5 Å². The third kappa shape index (κ3) is 4.79. The number of nitrogens with zero attached hydrogens (tertiary/aromatic N) is 2. The Hall–Kier alpha value is -3.55. The quantitative estimate of drug-likeness (QED) is 0.632. The summed E-state index contributed by atoms with van der Waals surface area (Å²) in [5, 5.41) is 10.5. The number of carbonyl (C=O) groups excluding carboxylic acids is 1. The fraction of sp³-hybridized carbons (Fsp3) is 0.304. The molecular formula is C23H25FN4O3. The molecule has 4 rings (SSSR count). The number of anilines is 1. The van der Waals surface area contributed by atoms with Crippen molar-refractivity contribution < 1.29 is 18.7 Å². The number of methoxy groups -OCH3 is 2. The van der Waals surface area contributed by atoms with E-state index >= 15 is 0 Å². The van der Waals surface area contributed by atoms with Crippen molar-refractivity contribution in [3.8, 4) is 22.8 Å². The third-order valence-corrected chi connectivity index (χ3v) is 5.41. The normalized spacial score (nSPS) is 16.1. The maximum Gasteiger partial charge on any atom is 0.251 e. The van der Waals surface area contributed by atoms with Gasteiger partial charge >= 0.3 is 0 Å². The molecule has 2 heterocycles. The number of benzene rings is 2. The van der Waals surface area contributed by atoms with Gasteiger partial charge in [-0.05, 0) is 54.8 Å². The van der Waals surface area contributed by atoms with Gasteiger partial charge in [-0.3, -0.25) is 9.89 Å². The van der Waals surface area contributed by atoms with E-state index in [-0.39, 0.29) is 17.8 Å². The fourth-order valence-electron chi connectivity index (χ4n) is 3.76. The molecule has 0 radical (unpaired) electrons. The summed E-state index contributed by atoms with van der Waals surface area (Å²) in [6.45, 7) is 1.51. The van der Waals surface area contributed by atoms with Gasteiger partial charge in [-0.2, -0.15) is 5.10 Å². The van der Waals surface area contributed by atoms with Gasteiger partial charge in [-0.25, -0.2) is 4.39 Å². The van der Waals surface area contributed by atoms with Gasteiger partial charge in [0.15, 0.2) is 5.82 Å². The largest absolute Gasteiger partial charge is 0.497 e. The molecule has 1 aliphatic rings. The van der Waals surface area contributed by atoms with Gasteiger partial charge in [0.2, 0.25) is 0 Å². The van der Waals surface area contributed by atoms with Crippen molar-refractivity contribution in [2.45, 2.75) is 18.9 Å². The summed E-state index contributed by atoms with van der Waals surface area (Å²) >= 11 is 0. The van der Waals surface area contributed by atoms with Crippen molar-refractivity contribution in [1.29, 1.82) is 0 Å². The highest BCUT2D eigenvalue weighted by Crippen LogP contribution is 2.25. The molecular weight excluding hydrogens is 399 g/mol. The molecule has 0 bridgehead atoms. The molecule has 2 aromatic carbocycles. The molecule has 0 spiro atoms. The molecule has 1 fully saturated rings. The predicted octanol–water partition coefficient (Wildman–Crippen LogP) is 3.63. The number of H-pyrrole nitrogens is 1. The number of hydrogen-bond acceptors (Lipinski definition) is 5. The molecule has 8 heteroatoms. The Morgan fingerprint density at radius 1 is 1.13 bits per heavy atom. The molecule has 2 N–H and O–H groups in total. The van der Waals surface area contributed by atoms with Crippen LogP contribution >= 0.6 is 0 Å². The first-order valence-corrected chi connectivity index (χ1v) is 10.2. The second-order valence-corrected chi connectivity index (χ2v) is 7.51. The second-order valence-electron chi connectivity index (χ2n) is 7.51. The first-order chi connectivity index (χ1) is 15.1. The van der Waals surface area contributed by atoms with Crippen LogP contribution in [0.1, 0.15) is 23.2 Å². The fourth-order valence-corrected chi connectivity index (χ4v) is 3.76. The minimum atomic E-state index is -0.272. The van der Waals surface area contributed by atoms with E-state index in [1.807, 2.05) is 6.07 Å². The van der Waals surface area contributed by atoms with E-state index in [0.29, 0.717) is 23.6 Å². The van der Waals surface area contributed by atoms with Crippen LogP contribution in [-0.4, -0.2) is 49.5 Å². The van der Waals surface area contributed by atoms with Gasteiger partial charge in [0.05, 0.1) is 19.9 Å². The summed E-state index contributed by atoms with van der Waals surface area (Å²) in [7, 11) is 3.11. The van der Waals surface area contributed by atoms with E-state index in [9.17, 15) is 9.18 Å². The number of hydrogen-bond donors (Lipinski definition) is 2. The summed E-state index contributed by atoms with van der Waals surface area (Å²) in [5.74, 6) is 1.50. The standard InChI is InChI=1S/C23H25FN4O3/c1-30-19-10-16(11-20(12-19)31-2)23(29)25-18-4-3-9-28(14-18)22-13-21(26-27-22)15-5-7-17(24)8-6-15/h5-8,10-13,18H,3-4,9,14H2,1-2H3,(H,25,29)(H,26,27)/t18-/m1/s1. The van der Waals surface area contributed by atoms with Crippen molar-refractivity contribution in [2.75, 3.05) is 32.2 Å². The molecule has 1 aromatic heterocycles. The van der Waals surface area contributed by atoms with Gasteiger partial charge in [-0.1, -0.05) is 0 Å². The summed E-state index contributed by atoms with van der Waals surface area (Å²) in [6, 6.07) is 13.3. The molecule has 0 unspecified atom stereocenters.